The first-order chi connectivity index (χ1) is 11.6. The number of benzene rings is 1. The van der Waals surface area contributed by atoms with Crippen LogP contribution in [0.25, 0.3) is 0 Å². The van der Waals surface area contributed by atoms with Crippen LogP contribution in [0.15, 0.2) is 42.7 Å². The number of imidazole rings is 1. The van der Waals surface area contributed by atoms with Crippen LogP contribution in [0.2, 0.25) is 0 Å². The predicted octanol–water partition coefficient (Wildman–Crippen LogP) is 1.02. The van der Waals surface area contributed by atoms with Crippen molar-refractivity contribution in [3.8, 4) is 0 Å². The van der Waals surface area contributed by atoms with Crippen molar-refractivity contribution in [1.82, 2.24) is 20.4 Å². The Morgan fingerprint density at radius 1 is 1.20 bits per heavy atom. The van der Waals surface area contributed by atoms with E-state index in [2.05, 4.69) is 4.98 Å². The number of amides is 2. The molecule has 134 valence electrons. The van der Waals surface area contributed by atoms with Crippen LogP contribution < -0.4 is 10.9 Å². The molecule has 25 heavy (non-hydrogen) atoms. The molecule has 7 nitrogen and oxygen atoms in total. The fraction of sp³-hybridized carbons (Fsp3) is 0.267. The van der Waals surface area contributed by atoms with E-state index in [9.17, 15) is 27.9 Å². The smallest absolute Gasteiger partial charge is 0.374 e. The molecule has 2 aromatic rings. The van der Waals surface area contributed by atoms with E-state index in [-0.39, 0.29) is 5.56 Å². The predicted molar refractivity (Wildman–Crippen MR) is 79.8 cm³/mol. The summed E-state index contributed by atoms with van der Waals surface area (Å²) in [6.45, 7) is 0. The monoisotopic (exact) mass is 356 g/mol. The van der Waals surface area contributed by atoms with Crippen LogP contribution >= 0.6 is 0 Å². The number of hydrogen-bond donors (Lipinski definition) is 3. The lowest BCUT2D eigenvalue weighted by atomic mass is 9.97. The molecule has 0 aliphatic heterocycles. The number of hydrogen-bond acceptors (Lipinski definition) is 4. The number of carbonyl (C=O) groups is 2. The zero-order valence-corrected chi connectivity index (χ0v) is 13.0. The summed E-state index contributed by atoms with van der Waals surface area (Å²) in [5.74, 6) is -2.67. The Hall–Kier alpha value is -2.88. The highest BCUT2D eigenvalue weighted by Gasteiger charge is 2.58. The van der Waals surface area contributed by atoms with Gasteiger partial charge < -0.3 is 9.67 Å². The van der Waals surface area contributed by atoms with Crippen molar-refractivity contribution in [3.05, 3.63) is 54.1 Å². The molecule has 0 saturated heterocycles. The molecule has 0 aliphatic rings. The molecule has 3 N–H and O–H groups in total. The van der Waals surface area contributed by atoms with Crippen LogP contribution in [0.3, 0.4) is 0 Å². The summed E-state index contributed by atoms with van der Waals surface area (Å²) in [6, 6.07) is 7.76. The quantitative estimate of drug-likeness (QED) is 0.713. The summed E-state index contributed by atoms with van der Waals surface area (Å²) in [4.78, 5) is 27.1. The zero-order chi connectivity index (χ0) is 18.7. The maximum absolute atomic E-state index is 13.3. The molecule has 0 bridgehead atoms. The minimum absolute atomic E-state index is 0.206. The molecular formula is C15H15F3N4O3. The molecule has 1 aromatic carbocycles. The molecule has 1 heterocycles. The van der Waals surface area contributed by atoms with Gasteiger partial charge in [-0.25, -0.2) is 4.98 Å². The first-order valence-corrected chi connectivity index (χ1v) is 7.06. The van der Waals surface area contributed by atoms with Gasteiger partial charge in [0.1, 0.15) is 0 Å². The number of hydrazine groups is 1. The summed E-state index contributed by atoms with van der Waals surface area (Å²) in [7, 11) is 1.26. The standard InChI is InChI=1S/C15H15F3N4O3/c1-22-8-7-19-13(22)14(25,15(16,17)18)9-11(23)20-21-12(24)10-5-3-2-4-6-10/h2-8,25H,9H2,1H3,(H,20,23)(H,21,24). The first-order valence-electron chi connectivity index (χ1n) is 7.06. The van der Waals surface area contributed by atoms with E-state index in [1.54, 1.807) is 18.2 Å². The van der Waals surface area contributed by atoms with Gasteiger partial charge >= 0.3 is 6.18 Å². The number of halogens is 3. The van der Waals surface area contributed by atoms with Crippen molar-refractivity contribution < 1.29 is 27.9 Å². The average Bonchev–Trinajstić information content (AvgIpc) is 2.99. The van der Waals surface area contributed by atoms with Gasteiger partial charge in [-0.15, -0.1) is 0 Å². The van der Waals surface area contributed by atoms with Gasteiger partial charge in [0.05, 0.1) is 6.42 Å². The third kappa shape index (κ3) is 3.97. The average molecular weight is 356 g/mol. The number of aryl methyl sites for hydroxylation is 1. The molecular weight excluding hydrogens is 341 g/mol. The Morgan fingerprint density at radius 2 is 1.84 bits per heavy atom. The van der Waals surface area contributed by atoms with E-state index in [0.717, 1.165) is 10.8 Å². The molecule has 1 atom stereocenters. The molecule has 1 aromatic heterocycles. The van der Waals surface area contributed by atoms with Gasteiger partial charge in [0.25, 0.3) is 5.91 Å². The van der Waals surface area contributed by atoms with Crippen molar-refractivity contribution >= 4 is 11.8 Å². The van der Waals surface area contributed by atoms with Crippen molar-refractivity contribution in [1.29, 1.82) is 0 Å². The highest BCUT2D eigenvalue weighted by atomic mass is 19.4. The number of nitrogens with zero attached hydrogens (tertiary/aromatic N) is 2. The normalized spacial score (nSPS) is 13.8. The number of rotatable bonds is 4. The van der Waals surface area contributed by atoms with Gasteiger partial charge in [-0.1, -0.05) is 18.2 Å². The highest BCUT2D eigenvalue weighted by Crippen LogP contribution is 2.40. The second-order valence-electron chi connectivity index (χ2n) is 5.26. The molecule has 1 unspecified atom stereocenters. The topological polar surface area (TPSA) is 96.2 Å². The Balaban J connectivity index is 2.08. The van der Waals surface area contributed by atoms with Gasteiger partial charge in [0.15, 0.2) is 5.82 Å². The van der Waals surface area contributed by atoms with Crippen LogP contribution in [0, 0.1) is 0 Å². The first kappa shape index (κ1) is 18.5. The maximum Gasteiger partial charge on any atom is 0.425 e. The molecule has 2 amide bonds. The molecule has 10 heteroatoms. The number of aliphatic hydroxyl groups is 1. The fourth-order valence-electron chi connectivity index (χ4n) is 2.13. The van der Waals surface area contributed by atoms with E-state index in [4.69, 9.17) is 0 Å². The van der Waals surface area contributed by atoms with Crippen LogP contribution in [0.1, 0.15) is 22.6 Å². The Labute approximate surface area is 140 Å². The second kappa shape index (κ2) is 6.93. The fourth-order valence-corrected chi connectivity index (χ4v) is 2.13. The number of alkyl halides is 3. The minimum Gasteiger partial charge on any atom is -0.374 e. The van der Waals surface area contributed by atoms with Gasteiger partial charge in [-0.2, -0.15) is 13.2 Å². The van der Waals surface area contributed by atoms with Crippen molar-refractivity contribution in [2.45, 2.75) is 18.2 Å². The van der Waals surface area contributed by atoms with Crippen LogP contribution in [-0.2, 0) is 17.4 Å². The number of carbonyl (C=O) groups excluding carboxylic acids is 2. The summed E-state index contributed by atoms with van der Waals surface area (Å²) >= 11 is 0. The third-order valence-corrected chi connectivity index (χ3v) is 3.43. The van der Waals surface area contributed by atoms with Crippen LogP contribution in [-0.4, -0.2) is 32.6 Å². The molecule has 0 radical (unpaired) electrons. The summed E-state index contributed by atoms with van der Waals surface area (Å²) < 4.78 is 40.9. The lowest BCUT2D eigenvalue weighted by Gasteiger charge is -2.29. The Bertz CT molecular complexity index is 761. The minimum atomic E-state index is -5.15. The number of aromatic nitrogens is 2. The van der Waals surface area contributed by atoms with Crippen LogP contribution in [0.5, 0.6) is 0 Å². The van der Waals surface area contributed by atoms with E-state index in [0.29, 0.717) is 0 Å². The lowest BCUT2D eigenvalue weighted by molar-refractivity contribution is -0.271. The largest absolute Gasteiger partial charge is 0.425 e. The summed E-state index contributed by atoms with van der Waals surface area (Å²) in [5, 5.41) is 10.1. The van der Waals surface area contributed by atoms with Gasteiger partial charge in [-0.05, 0) is 12.1 Å². The second-order valence-corrected chi connectivity index (χ2v) is 5.26. The molecule has 0 fully saturated rings. The van der Waals surface area contributed by atoms with E-state index >= 15 is 0 Å². The Kier molecular flexibility index (Phi) is 5.12. The summed E-state index contributed by atoms with van der Waals surface area (Å²) in [5.41, 5.74) is 0.556. The van der Waals surface area contributed by atoms with Gasteiger partial charge in [-0.3, -0.25) is 20.4 Å². The molecule has 0 aliphatic carbocycles. The molecule has 0 saturated carbocycles. The van der Waals surface area contributed by atoms with Crippen molar-refractivity contribution in [2.75, 3.05) is 0 Å². The van der Waals surface area contributed by atoms with E-state index in [1.807, 2.05) is 10.9 Å². The third-order valence-electron chi connectivity index (χ3n) is 3.43. The SMILES string of the molecule is Cn1ccnc1C(O)(CC(=O)NNC(=O)c1ccccc1)C(F)(F)F. The van der Waals surface area contributed by atoms with Gasteiger partial charge in [0.2, 0.25) is 11.5 Å². The Morgan fingerprint density at radius 3 is 2.36 bits per heavy atom. The highest BCUT2D eigenvalue weighted by molar-refractivity contribution is 5.95. The molecule has 2 rings (SSSR count). The van der Waals surface area contributed by atoms with Gasteiger partial charge in [0, 0.05) is 25.0 Å². The van der Waals surface area contributed by atoms with E-state index < -0.39 is 35.8 Å². The number of nitrogens with one attached hydrogen (secondary N) is 2. The zero-order valence-electron chi connectivity index (χ0n) is 13.0. The van der Waals surface area contributed by atoms with Crippen molar-refractivity contribution in [2.24, 2.45) is 7.05 Å². The molecule has 0 spiro atoms. The lowest BCUT2D eigenvalue weighted by Crippen LogP contribution is -2.50. The maximum atomic E-state index is 13.3. The summed E-state index contributed by atoms with van der Waals surface area (Å²) in [6.07, 6.45) is -4.23. The van der Waals surface area contributed by atoms with E-state index in [1.165, 1.54) is 25.4 Å². The van der Waals surface area contributed by atoms with Crippen LogP contribution in [0.4, 0.5) is 13.2 Å². The van der Waals surface area contributed by atoms with Crippen molar-refractivity contribution in [3.63, 3.8) is 0 Å².